The molecular weight excluding hydrogens is 278 g/mol. The lowest BCUT2D eigenvalue weighted by atomic mass is 10.2. The van der Waals surface area contributed by atoms with Gasteiger partial charge in [0.05, 0.1) is 19.2 Å². The quantitative estimate of drug-likeness (QED) is 0.883. The Labute approximate surface area is 122 Å². The lowest BCUT2D eigenvalue weighted by Crippen LogP contribution is -2.01. The first kappa shape index (κ1) is 14.3. The Morgan fingerprint density at radius 3 is 2.60 bits per heavy atom. The summed E-state index contributed by atoms with van der Waals surface area (Å²) in [7, 11) is 3.12. The molecule has 0 saturated heterocycles. The summed E-state index contributed by atoms with van der Waals surface area (Å²) < 4.78 is 10.4. The van der Waals surface area contributed by atoms with Gasteiger partial charge in [-0.25, -0.2) is 0 Å². The molecule has 5 heteroatoms. The van der Waals surface area contributed by atoms with E-state index in [1.165, 1.54) is 0 Å². The molecule has 0 aliphatic heterocycles. The molecule has 0 bridgehead atoms. The summed E-state index contributed by atoms with van der Waals surface area (Å²) >= 11 is 6.15. The van der Waals surface area contributed by atoms with Crippen LogP contribution in [0.4, 0.5) is 5.69 Å². The molecule has 0 unspecified atom stereocenters. The number of benzene rings is 2. The predicted molar refractivity (Wildman–Crippen MR) is 80.0 cm³/mol. The molecule has 0 aromatic heterocycles. The van der Waals surface area contributed by atoms with Crippen molar-refractivity contribution in [2.75, 3.05) is 19.5 Å². The van der Waals surface area contributed by atoms with Crippen LogP contribution in [-0.2, 0) is 6.54 Å². The molecular formula is C15H16ClNO3. The largest absolute Gasteiger partial charge is 0.508 e. The number of aromatic hydroxyl groups is 1. The average Bonchev–Trinajstić information content (AvgIpc) is 2.44. The van der Waals surface area contributed by atoms with Crippen molar-refractivity contribution >= 4 is 17.3 Å². The number of anilines is 1. The number of hydrogen-bond acceptors (Lipinski definition) is 4. The number of ether oxygens (including phenoxy) is 2. The smallest absolute Gasteiger partial charge is 0.179 e. The molecule has 0 radical (unpaired) electrons. The highest BCUT2D eigenvalue weighted by atomic mass is 35.5. The van der Waals surface area contributed by atoms with Gasteiger partial charge in [0.25, 0.3) is 0 Å². The monoisotopic (exact) mass is 293 g/mol. The van der Waals surface area contributed by atoms with Gasteiger partial charge in [-0.3, -0.25) is 0 Å². The third kappa shape index (κ3) is 3.27. The molecule has 0 saturated carbocycles. The fourth-order valence-electron chi connectivity index (χ4n) is 1.89. The molecule has 2 N–H and O–H groups in total. The van der Waals surface area contributed by atoms with Gasteiger partial charge < -0.3 is 19.9 Å². The summed E-state index contributed by atoms with van der Waals surface area (Å²) in [4.78, 5) is 0. The number of phenols is 1. The highest BCUT2D eigenvalue weighted by Gasteiger charge is 2.10. The fraction of sp³-hybridized carbons (Fsp3) is 0.200. The van der Waals surface area contributed by atoms with Gasteiger partial charge in [0, 0.05) is 18.3 Å². The lowest BCUT2D eigenvalue weighted by Gasteiger charge is -2.13. The van der Waals surface area contributed by atoms with E-state index in [2.05, 4.69) is 5.32 Å². The van der Waals surface area contributed by atoms with Crippen LogP contribution in [0, 0.1) is 0 Å². The van der Waals surface area contributed by atoms with E-state index in [-0.39, 0.29) is 5.75 Å². The minimum absolute atomic E-state index is 0.223. The van der Waals surface area contributed by atoms with Crippen LogP contribution in [0.5, 0.6) is 17.2 Å². The zero-order chi connectivity index (χ0) is 14.5. The van der Waals surface area contributed by atoms with Gasteiger partial charge in [-0.1, -0.05) is 17.7 Å². The molecule has 0 spiro atoms. The first-order valence-corrected chi connectivity index (χ1v) is 6.45. The van der Waals surface area contributed by atoms with Crippen molar-refractivity contribution in [1.82, 2.24) is 0 Å². The minimum atomic E-state index is 0.223. The number of rotatable bonds is 5. The number of nitrogens with one attached hydrogen (secondary N) is 1. The number of halogens is 1. The van der Waals surface area contributed by atoms with Crippen molar-refractivity contribution in [3.05, 3.63) is 47.0 Å². The minimum Gasteiger partial charge on any atom is -0.508 e. The second-order valence-corrected chi connectivity index (χ2v) is 4.62. The molecule has 4 nitrogen and oxygen atoms in total. The number of hydrogen-bond donors (Lipinski definition) is 2. The molecule has 20 heavy (non-hydrogen) atoms. The summed E-state index contributed by atoms with van der Waals surface area (Å²) in [5, 5.41) is 13.1. The number of methoxy groups -OCH3 is 2. The Morgan fingerprint density at radius 2 is 1.95 bits per heavy atom. The fourth-order valence-corrected chi connectivity index (χ4v) is 2.20. The first-order chi connectivity index (χ1) is 9.63. The predicted octanol–water partition coefficient (Wildman–Crippen LogP) is 3.67. The van der Waals surface area contributed by atoms with Gasteiger partial charge in [-0.2, -0.15) is 0 Å². The van der Waals surface area contributed by atoms with Crippen molar-refractivity contribution in [3.8, 4) is 17.2 Å². The maximum Gasteiger partial charge on any atom is 0.179 e. The maximum absolute atomic E-state index is 9.41. The van der Waals surface area contributed by atoms with E-state index in [4.69, 9.17) is 21.1 Å². The van der Waals surface area contributed by atoms with Gasteiger partial charge in [0.2, 0.25) is 0 Å². The highest BCUT2D eigenvalue weighted by molar-refractivity contribution is 6.32. The maximum atomic E-state index is 9.41. The van der Waals surface area contributed by atoms with E-state index >= 15 is 0 Å². The van der Waals surface area contributed by atoms with Crippen LogP contribution in [0.3, 0.4) is 0 Å². The Kier molecular flexibility index (Phi) is 4.58. The van der Waals surface area contributed by atoms with Crippen LogP contribution in [0.1, 0.15) is 5.56 Å². The zero-order valence-electron chi connectivity index (χ0n) is 11.3. The molecule has 0 atom stereocenters. The molecule has 106 valence electrons. The van der Waals surface area contributed by atoms with E-state index in [0.29, 0.717) is 23.1 Å². The molecule has 2 rings (SSSR count). The Bertz CT molecular complexity index is 602. The summed E-state index contributed by atoms with van der Waals surface area (Å²) in [5.74, 6) is 1.34. The second-order valence-electron chi connectivity index (χ2n) is 4.22. The number of phenolic OH excluding ortho intramolecular Hbond substituents is 1. The molecule has 2 aromatic rings. The Hall–Kier alpha value is -2.07. The van der Waals surface area contributed by atoms with E-state index in [0.717, 1.165) is 11.3 Å². The molecule has 0 aliphatic rings. The molecule has 0 heterocycles. The van der Waals surface area contributed by atoms with Crippen molar-refractivity contribution in [2.45, 2.75) is 6.54 Å². The van der Waals surface area contributed by atoms with Crippen LogP contribution in [0.2, 0.25) is 5.02 Å². The van der Waals surface area contributed by atoms with E-state index < -0.39 is 0 Å². The van der Waals surface area contributed by atoms with E-state index in [1.807, 2.05) is 18.2 Å². The summed E-state index contributed by atoms with van der Waals surface area (Å²) in [5.41, 5.74) is 1.78. The lowest BCUT2D eigenvalue weighted by molar-refractivity contribution is 0.355. The topological polar surface area (TPSA) is 50.7 Å². The SMILES string of the molecule is COc1cc(CNc2cccc(O)c2)cc(Cl)c1OC. The standard InChI is InChI=1S/C15H16ClNO3/c1-19-14-7-10(6-13(16)15(14)20-2)9-17-11-4-3-5-12(18)8-11/h3-8,17-18H,9H2,1-2H3. The Balaban J connectivity index is 2.16. The summed E-state index contributed by atoms with van der Waals surface area (Å²) in [6.45, 7) is 0.559. The van der Waals surface area contributed by atoms with E-state index in [1.54, 1.807) is 32.4 Å². The van der Waals surface area contributed by atoms with Crippen LogP contribution in [0.25, 0.3) is 0 Å². The molecule has 0 amide bonds. The van der Waals surface area contributed by atoms with Gasteiger partial charge >= 0.3 is 0 Å². The van der Waals surface area contributed by atoms with Gasteiger partial charge in [0.15, 0.2) is 11.5 Å². The molecule has 0 aliphatic carbocycles. The van der Waals surface area contributed by atoms with Crippen molar-refractivity contribution in [1.29, 1.82) is 0 Å². The first-order valence-electron chi connectivity index (χ1n) is 6.07. The zero-order valence-corrected chi connectivity index (χ0v) is 12.1. The van der Waals surface area contributed by atoms with Crippen molar-refractivity contribution < 1.29 is 14.6 Å². The van der Waals surface area contributed by atoms with E-state index in [9.17, 15) is 5.11 Å². The summed E-state index contributed by atoms with van der Waals surface area (Å²) in [6.07, 6.45) is 0. The van der Waals surface area contributed by atoms with Crippen LogP contribution in [0.15, 0.2) is 36.4 Å². The van der Waals surface area contributed by atoms with Crippen molar-refractivity contribution in [2.24, 2.45) is 0 Å². The van der Waals surface area contributed by atoms with Crippen LogP contribution < -0.4 is 14.8 Å². The third-order valence-electron chi connectivity index (χ3n) is 2.84. The van der Waals surface area contributed by atoms with Crippen molar-refractivity contribution in [3.63, 3.8) is 0 Å². The third-order valence-corrected chi connectivity index (χ3v) is 3.12. The van der Waals surface area contributed by atoms with Crippen LogP contribution >= 0.6 is 11.6 Å². The molecule has 0 fully saturated rings. The van der Waals surface area contributed by atoms with Gasteiger partial charge in [-0.05, 0) is 29.8 Å². The van der Waals surface area contributed by atoms with Gasteiger partial charge in [-0.15, -0.1) is 0 Å². The highest BCUT2D eigenvalue weighted by Crippen LogP contribution is 2.36. The average molecular weight is 294 g/mol. The van der Waals surface area contributed by atoms with Gasteiger partial charge in [0.1, 0.15) is 5.75 Å². The second kappa shape index (κ2) is 6.39. The molecule has 2 aromatic carbocycles. The Morgan fingerprint density at radius 1 is 1.15 bits per heavy atom. The van der Waals surface area contributed by atoms with Crippen LogP contribution in [-0.4, -0.2) is 19.3 Å². The summed E-state index contributed by atoms with van der Waals surface area (Å²) in [6, 6.07) is 10.6. The normalized spacial score (nSPS) is 10.2.